The van der Waals surface area contributed by atoms with Gasteiger partial charge in [-0.2, -0.15) is 0 Å². The van der Waals surface area contributed by atoms with Gasteiger partial charge in [-0.1, -0.05) is 15.9 Å². The summed E-state index contributed by atoms with van der Waals surface area (Å²) in [5.41, 5.74) is -0.502. The summed E-state index contributed by atoms with van der Waals surface area (Å²) < 4.78 is 48.6. The summed E-state index contributed by atoms with van der Waals surface area (Å²) in [6.07, 6.45) is -0.360. The smallest absolute Gasteiger partial charge is 0.410 e. The fraction of sp³-hybridized carbons (Fsp3) is 0.958. The molecule has 0 saturated heterocycles. The zero-order valence-corrected chi connectivity index (χ0v) is 24.2. The quantitative estimate of drug-likeness (QED) is 0.110. The number of ether oxygens (including phenoxy) is 9. The van der Waals surface area contributed by atoms with Crippen molar-refractivity contribution in [3.05, 3.63) is 0 Å². The molecule has 36 heavy (non-hydrogen) atoms. The molecule has 0 atom stereocenters. The molecular formula is C24H48BrNO10. The minimum Gasteiger partial charge on any atom is -0.444 e. The Morgan fingerprint density at radius 3 is 1.11 bits per heavy atom. The highest BCUT2D eigenvalue weighted by Gasteiger charge is 2.19. The number of likely N-dealkylation sites (N-methyl/N-ethyl adjacent to an activating group) is 1. The molecule has 0 bridgehead atoms. The van der Waals surface area contributed by atoms with Gasteiger partial charge in [0.1, 0.15) is 5.60 Å². The second kappa shape index (κ2) is 26.1. The van der Waals surface area contributed by atoms with Gasteiger partial charge in [0.2, 0.25) is 0 Å². The molecule has 12 heteroatoms. The lowest BCUT2D eigenvalue weighted by molar-refractivity contribution is -0.0233. The van der Waals surface area contributed by atoms with Gasteiger partial charge < -0.3 is 47.5 Å². The summed E-state index contributed by atoms with van der Waals surface area (Å²) in [4.78, 5) is 13.3. The molecular weight excluding hydrogens is 542 g/mol. The van der Waals surface area contributed by atoms with Crippen LogP contribution in [0.4, 0.5) is 4.79 Å². The molecule has 0 saturated carbocycles. The Hall–Kier alpha value is -0.570. The van der Waals surface area contributed by atoms with E-state index in [0.717, 1.165) is 5.33 Å². The molecule has 0 spiro atoms. The Bertz CT molecular complexity index is 482. The van der Waals surface area contributed by atoms with Crippen LogP contribution in [0.5, 0.6) is 0 Å². The van der Waals surface area contributed by atoms with Gasteiger partial charge in [-0.05, 0) is 20.8 Å². The average molecular weight is 591 g/mol. The lowest BCUT2D eigenvalue weighted by Crippen LogP contribution is -2.36. The maximum atomic E-state index is 11.8. The van der Waals surface area contributed by atoms with Gasteiger partial charge in [0, 0.05) is 18.9 Å². The number of alkyl halides is 1. The van der Waals surface area contributed by atoms with Crippen LogP contribution in [-0.2, 0) is 42.6 Å². The van der Waals surface area contributed by atoms with Crippen molar-refractivity contribution >= 4 is 22.0 Å². The Morgan fingerprint density at radius 2 is 0.833 bits per heavy atom. The Balaban J connectivity index is 3.17. The van der Waals surface area contributed by atoms with Crippen molar-refractivity contribution in [2.45, 2.75) is 26.4 Å². The van der Waals surface area contributed by atoms with Gasteiger partial charge in [-0.3, -0.25) is 0 Å². The second-order valence-electron chi connectivity index (χ2n) is 8.49. The van der Waals surface area contributed by atoms with E-state index in [-0.39, 0.29) is 6.09 Å². The molecule has 1 amide bonds. The van der Waals surface area contributed by atoms with E-state index in [1.165, 1.54) is 4.90 Å². The molecule has 0 N–H and O–H groups in total. The lowest BCUT2D eigenvalue weighted by Gasteiger charge is -2.24. The minimum absolute atomic E-state index is 0.360. The molecule has 0 aromatic carbocycles. The summed E-state index contributed by atoms with van der Waals surface area (Å²) in [5.74, 6) is 0. The third-order valence-corrected chi connectivity index (χ3v) is 4.43. The maximum absolute atomic E-state index is 11.8. The van der Waals surface area contributed by atoms with Crippen LogP contribution in [-0.4, -0.2) is 141 Å². The maximum Gasteiger partial charge on any atom is 0.410 e. The highest BCUT2D eigenvalue weighted by Crippen LogP contribution is 2.08. The van der Waals surface area contributed by atoms with E-state index in [1.807, 2.05) is 20.8 Å². The predicted octanol–water partition coefficient (Wildman–Crippen LogP) is 2.38. The van der Waals surface area contributed by atoms with Crippen LogP contribution in [0.3, 0.4) is 0 Å². The van der Waals surface area contributed by atoms with E-state index in [1.54, 1.807) is 7.05 Å². The number of hydrogen-bond donors (Lipinski definition) is 0. The summed E-state index contributed by atoms with van der Waals surface area (Å²) in [5, 5.41) is 0.836. The molecule has 0 unspecified atom stereocenters. The zero-order valence-electron chi connectivity index (χ0n) is 22.6. The van der Waals surface area contributed by atoms with Crippen molar-refractivity contribution in [3.63, 3.8) is 0 Å². The Kier molecular flexibility index (Phi) is 25.6. The number of hydrogen-bond acceptors (Lipinski definition) is 10. The first-order valence-electron chi connectivity index (χ1n) is 12.5. The standard InChI is InChI=1S/C24H48BrNO10/c1-24(2,3)36-23(27)26(4)6-8-29-10-12-31-14-16-33-18-20-35-22-21-34-19-17-32-15-13-30-11-9-28-7-5-25/h5-22H2,1-4H3. The average Bonchev–Trinajstić information content (AvgIpc) is 2.82. The van der Waals surface area contributed by atoms with E-state index in [0.29, 0.717) is 112 Å². The van der Waals surface area contributed by atoms with Crippen LogP contribution in [0.2, 0.25) is 0 Å². The number of carbonyl (C=O) groups excluding carboxylic acids is 1. The zero-order chi connectivity index (χ0) is 26.7. The number of nitrogens with zero attached hydrogens (tertiary/aromatic N) is 1. The van der Waals surface area contributed by atoms with Crippen LogP contribution >= 0.6 is 15.9 Å². The molecule has 0 aliphatic carbocycles. The second-order valence-corrected chi connectivity index (χ2v) is 9.28. The van der Waals surface area contributed by atoms with Crippen LogP contribution in [0.25, 0.3) is 0 Å². The van der Waals surface area contributed by atoms with Crippen LogP contribution < -0.4 is 0 Å². The predicted molar refractivity (Wildman–Crippen MR) is 139 cm³/mol. The van der Waals surface area contributed by atoms with E-state index in [2.05, 4.69) is 15.9 Å². The van der Waals surface area contributed by atoms with E-state index in [9.17, 15) is 4.79 Å². The molecule has 0 heterocycles. The minimum atomic E-state index is -0.502. The van der Waals surface area contributed by atoms with Gasteiger partial charge in [0.15, 0.2) is 0 Å². The first-order valence-corrected chi connectivity index (χ1v) is 13.6. The summed E-state index contributed by atoms with van der Waals surface area (Å²) in [7, 11) is 1.68. The van der Waals surface area contributed by atoms with Crippen molar-refractivity contribution in [2.24, 2.45) is 0 Å². The van der Waals surface area contributed by atoms with Crippen molar-refractivity contribution in [1.29, 1.82) is 0 Å². The van der Waals surface area contributed by atoms with E-state index >= 15 is 0 Å². The molecule has 216 valence electrons. The first-order chi connectivity index (χ1) is 17.4. The van der Waals surface area contributed by atoms with Crippen molar-refractivity contribution in [1.82, 2.24) is 4.90 Å². The third kappa shape index (κ3) is 28.0. The van der Waals surface area contributed by atoms with E-state index < -0.39 is 5.60 Å². The number of amides is 1. The highest BCUT2D eigenvalue weighted by molar-refractivity contribution is 9.09. The number of rotatable bonds is 26. The Morgan fingerprint density at radius 1 is 0.556 bits per heavy atom. The third-order valence-electron chi connectivity index (χ3n) is 4.10. The molecule has 0 fully saturated rings. The van der Waals surface area contributed by atoms with Gasteiger partial charge in [0.25, 0.3) is 0 Å². The summed E-state index contributed by atoms with van der Waals surface area (Å²) >= 11 is 3.29. The van der Waals surface area contributed by atoms with Gasteiger partial charge >= 0.3 is 6.09 Å². The van der Waals surface area contributed by atoms with Gasteiger partial charge in [-0.15, -0.1) is 0 Å². The largest absolute Gasteiger partial charge is 0.444 e. The SMILES string of the molecule is CN(CCOCCOCCOCCOCCOCCOCCOCCOCCBr)C(=O)OC(C)(C)C. The molecule has 11 nitrogen and oxygen atoms in total. The molecule has 0 aromatic rings. The molecule has 0 aliphatic rings. The molecule has 0 radical (unpaired) electrons. The number of carbonyl (C=O) groups is 1. The monoisotopic (exact) mass is 589 g/mol. The van der Waals surface area contributed by atoms with Crippen molar-refractivity contribution in [3.8, 4) is 0 Å². The lowest BCUT2D eigenvalue weighted by atomic mass is 10.2. The van der Waals surface area contributed by atoms with E-state index in [4.69, 9.17) is 42.6 Å². The summed E-state index contributed by atoms with van der Waals surface area (Å²) in [6, 6.07) is 0. The van der Waals surface area contributed by atoms with Gasteiger partial charge in [-0.25, -0.2) is 4.79 Å². The Labute approximate surface area is 225 Å². The normalized spacial score (nSPS) is 11.7. The fourth-order valence-electron chi connectivity index (χ4n) is 2.33. The van der Waals surface area contributed by atoms with Crippen molar-refractivity contribution in [2.75, 3.05) is 125 Å². The fourth-order valence-corrected chi connectivity index (χ4v) is 2.56. The van der Waals surface area contributed by atoms with Crippen molar-refractivity contribution < 1.29 is 47.4 Å². The molecule has 0 rings (SSSR count). The van der Waals surface area contributed by atoms with Crippen LogP contribution in [0.1, 0.15) is 20.8 Å². The summed E-state index contributed by atoms with van der Waals surface area (Å²) in [6.45, 7) is 14.3. The van der Waals surface area contributed by atoms with Crippen LogP contribution in [0, 0.1) is 0 Å². The topological polar surface area (TPSA) is 103 Å². The first kappa shape index (κ1) is 35.4. The highest BCUT2D eigenvalue weighted by atomic mass is 79.9. The van der Waals surface area contributed by atoms with Crippen LogP contribution in [0.15, 0.2) is 0 Å². The molecule has 0 aromatic heterocycles. The molecule has 0 aliphatic heterocycles. The van der Waals surface area contributed by atoms with Gasteiger partial charge in [0.05, 0.1) is 106 Å². The number of halogens is 1.